The number of allylic oxidation sites excluding steroid dienone is 2. The summed E-state index contributed by atoms with van der Waals surface area (Å²) in [5.41, 5.74) is 16.3. The zero-order valence-corrected chi connectivity index (χ0v) is 45.1. The molecular weight excluding hydrogens is 1160 g/mol. The van der Waals surface area contributed by atoms with E-state index in [4.69, 9.17) is 27.5 Å². The van der Waals surface area contributed by atoms with E-state index in [2.05, 4.69) is 124 Å². The normalized spacial score (nSPS) is 11.5. The number of aromatic nitrogens is 2. The summed E-state index contributed by atoms with van der Waals surface area (Å²) in [4.78, 5) is 48.4. The van der Waals surface area contributed by atoms with Crippen LogP contribution in [0.4, 0.5) is 0 Å². The van der Waals surface area contributed by atoms with Gasteiger partial charge in [0.15, 0.2) is 11.4 Å². The predicted molar refractivity (Wildman–Crippen MR) is 276 cm³/mol. The molecule has 61 heavy (non-hydrogen) atoms. The second-order valence-electron chi connectivity index (χ2n) is 14.1. The number of halogens is 4. The van der Waals surface area contributed by atoms with Crippen molar-refractivity contribution in [3.63, 3.8) is 0 Å². The fourth-order valence-electron chi connectivity index (χ4n) is 5.24. The Hall–Kier alpha value is -2.65. The molecule has 21 heteroatoms. The lowest BCUT2D eigenvalue weighted by atomic mass is 10.1. The van der Waals surface area contributed by atoms with Gasteiger partial charge in [0.2, 0.25) is 5.91 Å². The molecule has 328 valence electrons. The van der Waals surface area contributed by atoms with Gasteiger partial charge < -0.3 is 20.9 Å². The molecule has 0 fully saturated rings. The highest BCUT2D eigenvalue weighted by Crippen LogP contribution is 2.31. The summed E-state index contributed by atoms with van der Waals surface area (Å²) in [5.74, 6) is -1.63. The molecule has 0 spiro atoms. The molecule has 4 aromatic rings. The molecule has 1 heterocycles. The van der Waals surface area contributed by atoms with E-state index in [1.807, 2.05) is 63.3 Å². The Kier molecular flexibility index (Phi) is 27.0. The highest BCUT2D eigenvalue weighted by atomic mass is 79.9. The van der Waals surface area contributed by atoms with Crippen molar-refractivity contribution in [1.82, 2.24) is 9.78 Å². The van der Waals surface area contributed by atoms with Gasteiger partial charge in [-0.15, -0.1) is 0 Å². The van der Waals surface area contributed by atoms with Crippen LogP contribution in [-0.4, -0.2) is 50.1 Å². The summed E-state index contributed by atoms with van der Waals surface area (Å²) in [6.45, 7) is 17.8. The van der Waals surface area contributed by atoms with E-state index in [0.717, 1.165) is 57.5 Å². The Morgan fingerprint density at radius 2 is 1.25 bits per heavy atom. The first-order valence-electron chi connectivity index (χ1n) is 17.2. The Labute approximate surface area is 419 Å². The quantitative estimate of drug-likeness (QED) is 0.111. The molecule has 0 atom stereocenters. The van der Waals surface area contributed by atoms with Crippen LogP contribution in [0, 0.1) is 6.57 Å². The van der Waals surface area contributed by atoms with E-state index in [-0.39, 0.29) is 48.5 Å². The van der Waals surface area contributed by atoms with Crippen LogP contribution in [0.15, 0.2) is 80.2 Å². The third kappa shape index (κ3) is 20.6. The maximum atomic E-state index is 11.9. The summed E-state index contributed by atoms with van der Waals surface area (Å²) >= 11 is 28.7. The molecular formula is C40H43Br4N5O6S6. The Morgan fingerprint density at radius 3 is 1.70 bits per heavy atom. The second kappa shape index (κ2) is 28.2. The largest absolute Gasteiger partial charge is 0.459 e. The lowest BCUT2D eigenvalue weighted by Crippen LogP contribution is -2.27. The number of hydrogen-bond acceptors (Lipinski definition) is 11. The van der Waals surface area contributed by atoms with Crippen molar-refractivity contribution >= 4 is 177 Å². The van der Waals surface area contributed by atoms with Gasteiger partial charge in [-0.1, -0.05) is 94.1 Å². The average molecular weight is 1200 g/mol. The van der Waals surface area contributed by atoms with E-state index < -0.39 is 17.5 Å². The Bertz CT molecular complexity index is 2350. The number of nitrogens with two attached hydrogens (primary N) is 2. The molecule has 6 rings (SSSR count). The first-order valence-corrected chi connectivity index (χ1v) is 24.7. The van der Waals surface area contributed by atoms with Crippen molar-refractivity contribution in [1.29, 1.82) is 0 Å². The SMILES string of the molecule is CC(C)(C)OC(=O)CBr.CC(C)(C)OC(=O)Cn1nc(C(N)=O)c2cc(Br)ccc21.NC(=O)C1=CCc2ccc(Br)cc21.S.S=S.S=S=S.[C-]#[N+]C1=CCc2ccc(Br)cc21. The fraction of sp³-hybridized carbons (Fsp3) is 0.300. The number of carbonyl (C=O) groups is 4. The van der Waals surface area contributed by atoms with Crippen molar-refractivity contribution in [2.75, 3.05) is 5.33 Å². The number of primary amides is 2. The number of nitrogens with zero attached hydrogens (tertiary/aromatic N) is 3. The zero-order chi connectivity index (χ0) is 46.0. The fourth-order valence-corrected chi connectivity index (χ4v) is 6.44. The Balaban J connectivity index is 0.000000787. The summed E-state index contributed by atoms with van der Waals surface area (Å²) in [7, 11) is 0.917. The van der Waals surface area contributed by atoms with Gasteiger partial charge in [0, 0.05) is 78.0 Å². The molecule has 0 saturated carbocycles. The lowest BCUT2D eigenvalue weighted by Gasteiger charge is -2.19. The highest BCUT2D eigenvalue weighted by Gasteiger charge is 2.21. The highest BCUT2D eigenvalue weighted by molar-refractivity contribution is 9.11. The van der Waals surface area contributed by atoms with Gasteiger partial charge in [0.1, 0.15) is 23.1 Å². The van der Waals surface area contributed by atoms with E-state index in [9.17, 15) is 19.2 Å². The third-order valence-corrected chi connectivity index (χ3v) is 9.25. The van der Waals surface area contributed by atoms with Gasteiger partial charge in [0.05, 0.1) is 12.1 Å². The van der Waals surface area contributed by atoms with E-state index in [1.165, 1.54) is 10.2 Å². The number of benzene rings is 3. The third-order valence-electron chi connectivity index (χ3n) is 7.31. The lowest BCUT2D eigenvalue weighted by molar-refractivity contribution is -0.156. The maximum absolute atomic E-state index is 11.9. The number of amides is 2. The number of rotatable bonds is 5. The van der Waals surface area contributed by atoms with Gasteiger partial charge in [-0.25, -0.2) is 4.85 Å². The monoisotopic (exact) mass is 1200 g/mol. The van der Waals surface area contributed by atoms with Crippen LogP contribution < -0.4 is 11.5 Å². The molecule has 0 bridgehead atoms. The van der Waals surface area contributed by atoms with Crippen molar-refractivity contribution in [2.45, 2.75) is 72.1 Å². The summed E-state index contributed by atoms with van der Waals surface area (Å²) in [6, 6.07) is 17.3. The van der Waals surface area contributed by atoms with Crippen LogP contribution in [0.25, 0.3) is 27.0 Å². The van der Waals surface area contributed by atoms with E-state index in [0.29, 0.717) is 16.5 Å². The van der Waals surface area contributed by atoms with Crippen molar-refractivity contribution < 1.29 is 28.7 Å². The van der Waals surface area contributed by atoms with E-state index >= 15 is 0 Å². The smallest absolute Gasteiger partial charge is 0.328 e. The molecule has 0 unspecified atom stereocenters. The molecule has 2 aliphatic rings. The van der Waals surface area contributed by atoms with Crippen LogP contribution in [0.3, 0.4) is 0 Å². The molecule has 0 aliphatic heterocycles. The van der Waals surface area contributed by atoms with Gasteiger partial charge >= 0.3 is 11.9 Å². The standard InChI is InChI=1S/C14H16BrN3O3.C10H8BrNO.C10H6BrN.C6H11BrO2.S3.S2.H2S/c1-14(2,3)21-11(19)7-18-10-5-4-8(15)6-9(10)12(17-18)13(16)20;11-7-3-1-6-2-4-8(10(12)13)9(6)5-7;1-12-10-5-3-7-2-4-8(11)6-9(7)10;1-6(2,3)9-5(8)4-7;1-3-2;1-2;/h4-6H,7H2,1-3H3,(H2,16,20);1,3-5H,2H2,(H2,12,13);2,4-6H,3H2;4H2,1-3H3;;;1H2. The summed E-state index contributed by atoms with van der Waals surface area (Å²) in [5, 5.41) is 4.99. The van der Waals surface area contributed by atoms with Crippen LogP contribution in [0.1, 0.15) is 74.3 Å². The summed E-state index contributed by atoms with van der Waals surface area (Å²) in [6.07, 6.45) is 5.56. The average Bonchev–Trinajstić information content (AvgIpc) is 3.87. The number of alkyl halides is 1. The molecule has 0 radical (unpaired) electrons. The van der Waals surface area contributed by atoms with Crippen LogP contribution >= 0.6 is 77.2 Å². The van der Waals surface area contributed by atoms with Crippen LogP contribution in [0.2, 0.25) is 0 Å². The van der Waals surface area contributed by atoms with Crippen LogP contribution in [0.5, 0.6) is 0 Å². The Morgan fingerprint density at radius 1 is 0.787 bits per heavy atom. The van der Waals surface area contributed by atoms with Gasteiger partial charge in [-0.2, -0.15) is 18.6 Å². The van der Waals surface area contributed by atoms with Gasteiger partial charge in [-0.3, -0.25) is 23.9 Å². The minimum absolute atomic E-state index is 0. The van der Waals surface area contributed by atoms with Crippen molar-refractivity contribution in [2.24, 2.45) is 11.5 Å². The summed E-state index contributed by atoms with van der Waals surface area (Å²) < 4.78 is 14.4. The zero-order valence-electron chi connectivity index (χ0n) is 33.7. The maximum Gasteiger partial charge on any atom is 0.328 e. The van der Waals surface area contributed by atoms with Gasteiger partial charge in [0.25, 0.3) is 5.91 Å². The number of esters is 2. The first kappa shape index (κ1) is 58.4. The molecule has 0 saturated heterocycles. The minimum atomic E-state index is -0.638. The second-order valence-corrected chi connectivity index (χ2v) is 19.2. The molecule has 11 nitrogen and oxygen atoms in total. The van der Waals surface area contributed by atoms with Crippen molar-refractivity contribution in [3.8, 4) is 0 Å². The number of fused-ring (bicyclic) bond motifs is 3. The van der Waals surface area contributed by atoms with Crippen molar-refractivity contribution in [3.05, 3.63) is 120 Å². The van der Waals surface area contributed by atoms with Crippen LogP contribution in [-0.2, 0) is 96.9 Å². The van der Waals surface area contributed by atoms with E-state index in [1.54, 1.807) is 39.0 Å². The molecule has 3 aromatic carbocycles. The molecule has 2 aliphatic carbocycles. The number of carbonyl (C=O) groups excluding carboxylic acids is 4. The molecule has 4 N–H and O–H groups in total. The first-order chi connectivity index (χ1) is 28.0. The number of hydrogen-bond donors (Lipinski definition) is 2. The minimum Gasteiger partial charge on any atom is -0.459 e. The molecule has 2 amide bonds. The molecule has 1 aromatic heterocycles. The topological polar surface area (TPSA) is 161 Å². The van der Waals surface area contributed by atoms with Gasteiger partial charge in [-0.05, 0) is 113 Å². The number of ether oxygens (including phenoxy) is 2. The predicted octanol–water partition coefficient (Wildman–Crippen LogP) is 9.20.